The molecule has 0 N–H and O–H groups in total. The van der Waals surface area contributed by atoms with Gasteiger partial charge in [-0.05, 0) is 29.0 Å². The van der Waals surface area contributed by atoms with Crippen molar-refractivity contribution in [3.05, 3.63) is 77.9 Å². The number of methoxy groups -OCH3 is 1. The Balaban J connectivity index is 1.51. The van der Waals surface area contributed by atoms with E-state index in [4.69, 9.17) is 23.7 Å². The Bertz CT molecular complexity index is 825. The van der Waals surface area contributed by atoms with Crippen LogP contribution in [0.3, 0.4) is 0 Å². The van der Waals surface area contributed by atoms with E-state index in [1.54, 1.807) is 18.9 Å². The molecule has 5 nitrogen and oxygen atoms in total. The molecule has 2 saturated heterocycles. The van der Waals surface area contributed by atoms with Gasteiger partial charge in [-0.3, -0.25) is 0 Å². The van der Waals surface area contributed by atoms with E-state index in [2.05, 4.69) is 13.5 Å². The Morgan fingerprint density at radius 1 is 1.07 bits per heavy atom. The molecule has 0 unspecified atom stereocenters. The van der Waals surface area contributed by atoms with Crippen molar-refractivity contribution in [2.45, 2.75) is 43.6 Å². The Morgan fingerprint density at radius 2 is 1.83 bits per heavy atom. The smallest absolute Gasteiger partial charge is 0.184 e. The van der Waals surface area contributed by atoms with Gasteiger partial charge in [0.15, 0.2) is 6.29 Å². The number of hydrogen-bond donors (Lipinski definition) is 0. The third-order valence-corrected chi connectivity index (χ3v) is 6.35. The highest BCUT2D eigenvalue weighted by molar-refractivity contribution is 7.99. The molecule has 0 radical (unpaired) electrons. The molecule has 2 aliphatic rings. The topological polar surface area (TPSA) is 46.2 Å². The summed E-state index contributed by atoms with van der Waals surface area (Å²) in [5.74, 6) is 1.76. The molecule has 4 rings (SSSR count). The molecular formula is C24H28O5S. The summed E-state index contributed by atoms with van der Waals surface area (Å²) in [5, 5.41) is 0. The largest absolute Gasteiger partial charge is 0.497 e. The third kappa shape index (κ3) is 4.74. The van der Waals surface area contributed by atoms with Gasteiger partial charge >= 0.3 is 0 Å². The first kappa shape index (κ1) is 21.4. The molecule has 30 heavy (non-hydrogen) atoms. The highest BCUT2D eigenvalue weighted by Crippen LogP contribution is 2.40. The summed E-state index contributed by atoms with van der Waals surface area (Å²) < 4.78 is 30.2. The summed E-state index contributed by atoms with van der Waals surface area (Å²) in [6, 6.07) is 17.8. The number of hydrogen-bond acceptors (Lipinski definition) is 6. The maximum absolute atomic E-state index is 6.37. The van der Waals surface area contributed by atoms with E-state index < -0.39 is 6.29 Å². The zero-order chi connectivity index (χ0) is 20.9. The van der Waals surface area contributed by atoms with Gasteiger partial charge in [0.25, 0.3) is 0 Å². The van der Waals surface area contributed by atoms with Crippen LogP contribution < -0.4 is 4.74 Å². The van der Waals surface area contributed by atoms with Crippen LogP contribution in [0.2, 0.25) is 0 Å². The van der Waals surface area contributed by atoms with Gasteiger partial charge in [-0.25, -0.2) is 0 Å². The molecular weight excluding hydrogens is 400 g/mol. The van der Waals surface area contributed by atoms with E-state index in [0.717, 1.165) is 28.2 Å². The van der Waals surface area contributed by atoms with Crippen molar-refractivity contribution in [3.8, 4) is 5.75 Å². The molecule has 2 heterocycles. The lowest BCUT2D eigenvalue weighted by Gasteiger charge is -2.46. The SMILES string of the molecule is C=C1[C@@H](OCc2ccc(OC)cc2)[C@@H]2O[C@H](c3ccccc3)OC[C@H]2O[C@H]1SCC. The fraction of sp³-hybridized carbons (Fsp3) is 0.417. The lowest BCUT2D eigenvalue weighted by Crippen LogP contribution is -2.56. The summed E-state index contributed by atoms with van der Waals surface area (Å²) >= 11 is 1.71. The lowest BCUT2D eigenvalue weighted by atomic mass is 9.97. The minimum Gasteiger partial charge on any atom is -0.497 e. The van der Waals surface area contributed by atoms with E-state index in [9.17, 15) is 0 Å². The second-order valence-electron chi connectivity index (χ2n) is 7.29. The van der Waals surface area contributed by atoms with Gasteiger partial charge in [0.05, 0.1) is 20.3 Å². The van der Waals surface area contributed by atoms with E-state index in [-0.39, 0.29) is 23.7 Å². The van der Waals surface area contributed by atoms with Crippen molar-refractivity contribution in [1.29, 1.82) is 0 Å². The summed E-state index contributed by atoms with van der Waals surface area (Å²) in [6.45, 7) is 7.34. The first-order valence-corrected chi connectivity index (χ1v) is 11.3. The molecule has 0 spiro atoms. The molecule has 0 aromatic heterocycles. The fourth-order valence-corrected chi connectivity index (χ4v) is 4.59. The Hall–Kier alpha value is -1.83. The number of fused-ring (bicyclic) bond motifs is 1. The van der Waals surface area contributed by atoms with Gasteiger partial charge in [0.1, 0.15) is 29.5 Å². The van der Waals surface area contributed by atoms with Crippen LogP contribution in [0.15, 0.2) is 66.7 Å². The van der Waals surface area contributed by atoms with Gasteiger partial charge in [-0.1, -0.05) is 56.0 Å². The standard InChI is InChI=1S/C24H28O5S/c1-4-30-24-16(2)21(26-14-17-10-12-19(25-3)13-11-17)22-20(28-24)15-27-23(29-22)18-8-6-5-7-9-18/h5-13,20-24H,2,4,14-15H2,1,3H3/t20-,21-,22-,23-,24+/m1/s1. The molecule has 0 bridgehead atoms. The molecule has 0 aliphatic carbocycles. The summed E-state index contributed by atoms with van der Waals surface area (Å²) in [7, 11) is 1.66. The van der Waals surface area contributed by atoms with E-state index in [0.29, 0.717) is 13.2 Å². The van der Waals surface area contributed by atoms with Crippen LogP contribution in [0.1, 0.15) is 24.3 Å². The number of thioether (sulfide) groups is 1. The predicted octanol–water partition coefficient (Wildman–Crippen LogP) is 4.73. The highest BCUT2D eigenvalue weighted by atomic mass is 32.2. The molecule has 0 saturated carbocycles. The summed E-state index contributed by atoms with van der Waals surface area (Å²) in [6.07, 6.45) is -1.18. The van der Waals surface area contributed by atoms with Crippen LogP contribution in [0, 0.1) is 0 Å². The highest BCUT2D eigenvalue weighted by Gasteiger charge is 2.47. The van der Waals surface area contributed by atoms with Crippen LogP contribution >= 0.6 is 11.8 Å². The van der Waals surface area contributed by atoms with Crippen LogP contribution in [0.4, 0.5) is 0 Å². The van der Waals surface area contributed by atoms with Gasteiger partial charge in [-0.15, -0.1) is 11.8 Å². The van der Waals surface area contributed by atoms with Gasteiger partial charge in [0, 0.05) is 5.56 Å². The molecule has 0 amide bonds. The summed E-state index contributed by atoms with van der Waals surface area (Å²) in [5.41, 5.74) is 2.83. The van der Waals surface area contributed by atoms with Gasteiger partial charge < -0.3 is 23.7 Å². The predicted molar refractivity (Wildman–Crippen MR) is 118 cm³/mol. The molecule has 2 aromatic carbocycles. The molecule has 2 aromatic rings. The van der Waals surface area contributed by atoms with E-state index >= 15 is 0 Å². The monoisotopic (exact) mass is 428 g/mol. The van der Waals surface area contributed by atoms with Gasteiger partial charge in [0.2, 0.25) is 0 Å². The molecule has 5 atom stereocenters. The minimum absolute atomic E-state index is 0.127. The van der Waals surface area contributed by atoms with Crippen LogP contribution in [0.5, 0.6) is 5.75 Å². The van der Waals surface area contributed by atoms with Crippen molar-refractivity contribution in [2.24, 2.45) is 0 Å². The Kier molecular flexibility index (Phi) is 7.12. The van der Waals surface area contributed by atoms with E-state index in [1.165, 1.54) is 0 Å². The Labute approximate surface area is 182 Å². The average molecular weight is 429 g/mol. The normalized spacial score (nSPS) is 28.7. The van der Waals surface area contributed by atoms with Gasteiger partial charge in [-0.2, -0.15) is 0 Å². The molecule has 2 fully saturated rings. The zero-order valence-corrected chi connectivity index (χ0v) is 18.2. The molecule has 2 aliphatic heterocycles. The Morgan fingerprint density at radius 3 is 2.53 bits per heavy atom. The van der Waals surface area contributed by atoms with Crippen molar-refractivity contribution in [2.75, 3.05) is 19.5 Å². The first-order valence-electron chi connectivity index (χ1n) is 10.2. The van der Waals surface area contributed by atoms with Crippen molar-refractivity contribution < 1.29 is 23.7 Å². The van der Waals surface area contributed by atoms with Crippen LogP contribution in [-0.4, -0.2) is 43.2 Å². The average Bonchev–Trinajstić information content (AvgIpc) is 2.80. The fourth-order valence-electron chi connectivity index (χ4n) is 3.71. The third-order valence-electron chi connectivity index (χ3n) is 5.30. The number of benzene rings is 2. The quantitative estimate of drug-likeness (QED) is 0.594. The maximum atomic E-state index is 6.37. The number of ether oxygens (including phenoxy) is 5. The van der Waals surface area contributed by atoms with Crippen molar-refractivity contribution in [1.82, 2.24) is 0 Å². The maximum Gasteiger partial charge on any atom is 0.184 e. The van der Waals surface area contributed by atoms with Crippen molar-refractivity contribution in [3.63, 3.8) is 0 Å². The first-order chi connectivity index (χ1) is 14.7. The lowest BCUT2D eigenvalue weighted by molar-refractivity contribution is -0.297. The van der Waals surface area contributed by atoms with Crippen LogP contribution in [0.25, 0.3) is 0 Å². The summed E-state index contributed by atoms with van der Waals surface area (Å²) in [4.78, 5) is 0. The van der Waals surface area contributed by atoms with Crippen molar-refractivity contribution >= 4 is 11.8 Å². The second-order valence-corrected chi connectivity index (χ2v) is 8.63. The number of rotatable bonds is 7. The minimum atomic E-state index is -0.439. The zero-order valence-electron chi connectivity index (χ0n) is 17.4. The van der Waals surface area contributed by atoms with E-state index in [1.807, 2.05) is 54.6 Å². The molecule has 6 heteroatoms. The van der Waals surface area contributed by atoms with Crippen LogP contribution in [-0.2, 0) is 25.6 Å². The molecule has 160 valence electrons. The second kappa shape index (κ2) is 9.98.